The van der Waals surface area contributed by atoms with Gasteiger partial charge in [0.15, 0.2) is 0 Å². The van der Waals surface area contributed by atoms with Crippen LogP contribution in [0, 0.1) is 0 Å². The predicted octanol–water partition coefficient (Wildman–Crippen LogP) is 2.19. The SMILES string of the molecule is CCCCS(=O)(=O)N1CCNCC1c1ccccc1OC.Cl. The Bertz CT molecular complexity index is 566. The Hall–Kier alpha value is -0.820. The summed E-state index contributed by atoms with van der Waals surface area (Å²) in [6.45, 7) is 3.82. The Balaban J connectivity index is 0.00000242. The number of halogens is 1. The minimum atomic E-state index is -3.23. The van der Waals surface area contributed by atoms with Gasteiger partial charge in [-0.05, 0) is 12.5 Å². The lowest BCUT2D eigenvalue weighted by Gasteiger charge is -2.36. The number of benzene rings is 1. The molecule has 0 aliphatic carbocycles. The van der Waals surface area contributed by atoms with Gasteiger partial charge in [-0.1, -0.05) is 31.5 Å². The lowest BCUT2D eigenvalue weighted by Crippen LogP contribution is -2.49. The van der Waals surface area contributed by atoms with Crippen molar-refractivity contribution >= 4 is 22.4 Å². The van der Waals surface area contributed by atoms with Crippen LogP contribution in [-0.2, 0) is 10.0 Å². The first-order valence-corrected chi connectivity index (χ1v) is 9.04. The van der Waals surface area contributed by atoms with Crippen LogP contribution in [0.15, 0.2) is 24.3 Å². The van der Waals surface area contributed by atoms with Crippen LogP contribution in [0.3, 0.4) is 0 Å². The van der Waals surface area contributed by atoms with Crippen molar-refractivity contribution in [1.82, 2.24) is 9.62 Å². The molecule has 0 radical (unpaired) electrons. The molecule has 22 heavy (non-hydrogen) atoms. The van der Waals surface area contributed by atoms with Gasteiger partial charge in [-0.2, -0.15) is 4.31 Å². The molecular weight excluding hydrogens is 324 g/mol. The number of sulfonamides is 1. The summed E-state index contributed by atoms with van der Waals surface area (Å²) in [7, 11) is -1.61. The molecule has 1 atom stereocenters. The highest BCUT2D eigenvalue weighted by Crippen LogP contribution is 2.32. The zero-order valence-electron chi connectivity index (χ0n) is 13.1. The van der Waals surface area contributed by atoms with E-state index >= 15 is 0 Å². The van der Waals surface area contributed by atoms with E-state index in [4.69, 9.17) is 4.74 Å². The van der Waals surface area contributed by atoms with E-state index in [2.05, 4.69) is 5.32 Å². The molecule has 1 saturated heterocycles. The second-order valence-corrected chi connectivity index (χ2v) is 7.28. The van der Waals surface area contributed by atoms with Crippen molar-refractivity contribution < 1.29 is 13.2 Å². The van der Waals surface area contributed by atoms with E-state index < -0.39 is 10.0 Å². The minimum absolute atomic E-state index is 0. The molecule has 126 valence electrons. The average Bonchev–Trinajstić information content (AvgIpc) is 2.53. The number of piperazine rings is 1. The molecule has 1 aromatic carbocycles. The number of para-hydroxylation sites is 1. The largest absolute Gasteiger partial charge is 0.496 e. The van der Waals surface area contributed by atoms with Crippen LogP contribution < -0.4 is 10.1 Å². The molecule has 5 nitrogen and oxygen atoms in total. The Morgan fingerprint density at radius 2 is 2.09 bits per heavy atom. The Morgan fingerprint density at radius 3 is 2.77 bits per heavy atom. The molecule has 1 aliphatic rings. The number of nitrogens with zero attached hydrogens (tertiary/aromatic N) is 1. The van der Waals surface area contributed by atoms with Crippen LogP contribution >= 0.6 is 12.4 Å². The van der Waals surface area contributed by atoms with E-state index in [1.807, 2.05) is 31.2 Å². The first-order chi connectivity index (χ1) is 10.1. The normalized spacial score (nSPS) is 19.5. The van der Waals surface area contributed by atoms with Gasteiger partial charge >= 0.3 is 0 Å². The number of methoxy groups -OCH3 is 1. The van der Waals surface area contributed by atoms with E-state index in [-0.39, 0.29) is 24.2 Å². The maximum absolute atomic E-state index is 12.6. The molecule has 1 N–H and O–H groups in total. The maximum atomic E-state index is 12.6. The van der Waals surface area contributed by atoms with Crippen molar-refractivity contribution in [2.24, 2.45) is 0 Å². The van der Waals surface area contributed by atoms with Crippen molar-refractivity contribution in [3.05, 3.63) is 29.8 Å². The zero-order chi connectivity index (χ0) is 15.3. The molecule has 0 saturated carbocycles. The lowest BCUT2D eigenvalue weighted by molar-refractivity contribution is 0.264. The van der Waals surface area contributed by atoms with E-state index in [0.717, 1.165) is 17.7 Å². The number of unbranched alkanes of at least 4 members (excludes halogenated alkanes) is 1. The van der Waals surface area contributed by atoms with Gasteiger partial charge < -0.3 is 10.1 Å². The minimum Gasteiger partial charge on any atom is -0.496 e. The van der Waals surface area contributed by atoms with E-state index in [0.29, 0.717) is 26.1 Å². The van der Waals surface area contributed by atoms with Crippen molar-refractivity contribution in [1.29, 1.82) is 0 Å². The van der Waals surface area contributed by atoms with Gasteiger partial charge in [0.2, 0.25) is 10.0 Å². The molecule has 1 heterocycles. The summed E-state index contributed by atoms with van der Waals surface area (Å²) in [6.07, 6.45) is 1.58. The number of nitrogens with one attached hydrogen (secondary N) is 1. The van der Waals surface area contributed by atoms with Crippen molar-refractivity contribution in [3.63, 3.8) is 0 Å². The third kappa shape index (κ3) is 4.35. The Labute approximate surface area is 139 Å². The molecule has 7 heteroatoms. The highest BCUT2D eigenvalue weighted by Gasteiger charge is 2.34. The van der Waals surface area contributed by atoms with Crippen molar-refractivity contribution in [2.45, 2.75) is 25.8 Å². The van der Waals surface area contributed by atoms with Gasteiger partial charge in [0.05, 0.1) is 18.9 Å². The second kappa shape index (κ2) is 8.72. The van der Waals surface area contributed by atoms with E-state index in [1.54, 1.807) is 11.4 Å². The van der Waals surface area contributed by atoms with Gasteiger partial charge in [-0.3, -0.25) is 0 Å². The predicted molar refractivity (Wildman–Crippen MR) is 91.3 cm³/mol. The first-order valence-electron chi connectivity index (χ1n) is 7.43. The second-order valence-electron chi connectivity index (χ2n) is 5.24. The van der Waals surface area contributed by atoms with Crippen LogP contribution in [0.25, 0.3) is 0 Å². The summed E-state index contributed by atoms with van der Waals surface area (Å²) in [5.41, 5.74) is 0.923. The highest BCUT2D eigenvalue weighted by molar-refractivity contribution is 7.89. The van der Waals surface area contributed by atoms with Gasteiger partial charge in [0.1, 0.15) is 5.75 Å². The molecule has 0 bridgehead atoms. The topological polar surface area (TPSA) is 58.6 Å². The zero-order valence-corrected chi connectivity index (χ0v) is 14.8. The number of hydrogen-bond donors (Lipinski definition) is 1. The summed E-state index contributed by atoms with van der Waals surface area (Å²) in [5.74, 6) is 0.955. The number of ether oxygens (including phenoxy) is 1. The summed E-state index contributed by atoms with van der Waals surface area (Å²) < 4.78 is 32.2. The molecule has 1 unspecified atom stereocenters. The Morgan fingerprint density at radius 1 is 1.36 bits per heavy atom. The molecule has 0 aromatic heterocycles. The summed E-state index contributed by atoms with van der Waals surface area (Å²) in [5, 5.41) is 3.28. The average molecular weight is 349 g/mol. The fourth-order valence-corrected chi connectivity index (χ4v) is 4.50. The number of rotatable bonds is 6. The molecule has 1 fully saturated rings. The van der Waals surface area contributed by atoms with Crippen molar-refractivity contribution in [2.75, 3.05) is 32.5 Å². The molecule has 0 spiro atoms. The first kappa shape index (κ1) is 19.2. The van der Waals surface area contributed by atoms with Crippen LogP contribution in [0.2, 0.25) is 0 Å². The number of hydrogen-bond acceptors (Lipinski definition) is 4. The maximum Gasteiger partial charge on any atom is 0.214 e. The molecule has 1 aliphatic heterocycles. The smallest absolute Gasteiger partial charge is 0.214 e. The lowest BCUT2D eigenvalue weighted by atomic mass is 10.0. The van der Waals surface area contributed by atoms with E-state index in [1.165, 1.54) is 0 Å². The molecular formula is C15H25ClN2O3S. The van der Waals surface area contributed by atoms with Gasteiger partial charge in [-0.15, -0.1) is 12.4 Å². The van der Waals surface area contributed by atoms with Crippen molar-refractivity contribution in [3.8, 4) is 5.75 Å². The van der Waals surface area contributed by atoms with E-state index in [9.17, 15) is 8.42 Å². The summed E-state index contributed by atoms with van der Waals surface area (Å²) >= 11 is 0. The van der Waals surface area contributed by atoms with Crippen LogP contribution in [0.4, 0.5) is 0 Å². The highest BCUT2D eigenvalue weighted by atomic mass is 35.5. The molecule has 0 amide bonds. The fraction of sp³-hybridized carbons (Fsp3) is 0.600. The molecule has 1 aromatic rings. The Kier molecular flexibility index (Phi) is 7.62. The third-order valence-corrected chi connectivity index (χ3v) is 5.76. The monoisotopic (exact) mass is 348 g/mol. The van der Waals surface area contributed by atoms with Gasteiger partial charge in [0.25, 0.3) is 0 Å². The van der Waals surface area contributed by atoms with Crippen LogP contribution in [0.5, 0.6) is 5.75 Å². The van der Waals surface area contributed by atoms with Crippen LogP contribution in [-0.4, -0.2) is 45.2 Å². The quantitative estimate of drug-likeness (QED) is 0.856. The van der Waals surface area contributed by atoms with Crippen LogP contribution in [0.1, 0.15) is 31.4 Å². The fourth-order valence-electron chi connectivity index (χ4n) is 2.67. The standard InChI is InChI=1S/C15H24N2O3S.ClH/c1-3-4-11-21(18,19)17-10-9-16-12-14(17)13-7-5-6-8-15(13)20-2;/h5-8,14,16H,3-4,9-12H2,1-2H3;1H. The van der Waals surface area contributed by atoms with Gasteiger partial charge in [-0.25, -0.2) is 8.42 Å². The third-order valence-electron chi connectivity index (χ3n) is 3.81. The van der Waals surface area contributed by atoms with Gasteiger partial charge in [0, 0.05) is 25.2 Å². The molecule has 2 rings (SSSR count). The summed E-state index contributed by atoms with van der Waals surface area (Å²) in [6, 6.07) is 7.44. The summed E-state index contributed by atoms with van der Waals surface area (Å²) in [4.78, 5) is 0.